The van der Waals surface area contributed by atoms with Crippen LogP contribution in [0.4, 0.5) is 0 Å². The van der Waals surface area contributed by atoms with Gasteiger partial charge in [0.15, 0.2) is 0 Å². The van der Waals surface area contributed by atoms with Crippen molar-refractivity contribution in [3.05, 3.63) is 34.5 Å². The second-order valence-corrected chi connectivity index (χ2v) is 5.91. The number of aromatic nitrogens is 2. The van der Waals surface area contributed by atoms with Gasteiger partial charge in [-0.15, -0.1) is 11.3 Å². The first-order chi connectivity index (χ1) is 9.15. The van der Waals surface area contributed by atoms with E-state index in [0.29, 0.717) is 6.42 Å². The molecule has 1 aliphatic carbocycles. The maximum absolute atomic E-state index is 11.3. The quantitative estimate of drug-likeness (QED) is 0.914. The first-order valence-corrected chi connectivity index (χ1v) is 7.12. The van der Waals surface area contributed by atoms with Crippen molar-refractivity contribution >= 4 is 17.3 Å². The average Bonchev–Trinajstić information content (AvgIpc) is 2.82. The highest BCUT2D eigenvalue weighted by Crippen LogP contribution is 2.37. The third kappa shape index (κ3) is 2.26. The van der Waals surface area contributed by atoms with Crippen LogP contribution in [0, 0.1) is 6.92 Å². The standard InChI is InChI=1S/C14H14N2O2S/c1-8-5-6-10(15-7-8)13-16-12-9(14(17)18)3-2-4-11(12)19-13/h5-7,9H,2-4H2,1H3,(H,17,18). The minimum atomic E-state index is -0.769. The fourth-order valence-corrected chi connectivity index (χ4v) is 3.50. The predicted octanol–water partition coefficient (Wildman–Crippen LogP) is 3.02. The smallest absolute Gasteiger partial charge is 0.312 e. The van der Waals surface area contributed by atoms with E-state index in [0.717, 1.165) is 39.7 Å². The van der Waals surface area contributed by atoms with Gasteiger partial charge in [0.2, 0.25) is 0 Å². The van der Waals surface area contributed by atoms with E-state index in [9.17, 15) is 9.90 Å². The Bertz CT molecular complexity index is 619. The van der Waals surface area contributed by atoms with Crippen molar-refractivity contribution in [1.29, 1.82) is 0 Å². The Morgan fingerprint density at radius 3 is 3.00 bits per heavy atom. The lowest BCUT2D eigenvalue weighted by Crippen LogP contribution is -2.17. The number of carboxylic acids is 1. The Kier molecular flexibility index (Phi) is 3.06. The Balaban J connectivity index is 2.02. The second-order valence-electron chi connectivity index (χ2n) is 4.83. The van der Waals surface area contributed by atoms with Crippen molar-refractivity contribution in [2.45, 2.75) is 32.1 Å². The van der Waals surface area contributed by atoms with Crippen LogP contribution in [-0.4, -0.2) is 21.0 Å². The molecule has 19 heavy (non-hydrogen) atoms. The summed E-state index contributed by atoms with van der Waals surface area (Å²) < 4.78 is 0. The summed E-state index contributed by atoms with van der Waals surface area (Å²) >= 11 is 1.58. The molecule has 0 aliphatic heterocycles. The summed E-state index contributed by atoms with van der Waals surface area (Å²) in [6.45, 7) is 1.99. The van der Waals surface area contributed by atoms with Gasteiger partial charge in [0.25, 0.3) is 0 Å². The molecule has 1 atom stereocenters. The van der Waals surface area contributed by atoms with E-state index < -0.39 is 11.9 Å². The molecule has 0 saturated carbocycles. The molecule has 5 heteroatoms. The fraction of sp³-hybridized carbons (Fsp3) is 0.357. The number of aryl methyl sites for hydroxylation is 2. The molecule has 1 N–H and O–H groups in total. The van der Waals surface area contributed by atoms with Crippen LogP contribution >= 0.6 is 11.3 Å². The normalized spacial score (nSPS) is 18.1. The molecule has 2 aromatic rings. The van der Waals surface area contributed by atoms with E-state index in [-0.39, 0.29) is 0 Å². The van der Waals surface area contributed by atoms with E-state index >= 15 is 0 Å². The average molecular weight is 274 g/mol. The summed E-state index contributed by atoms with van der Waals surface area (Å²) in [6, 6.07) is 3.94. The number of hydrogen-bond donors (Lipinski definition) is 1. The number of thiazole rings is 1. The van der Waals surface area contributed by atoms with Gasteiger partial charge in [0.1, 0.15) is 10.9 Å². The largest absolute Gasteiger partial charge is 0.481 e. The topological polar surface area (TPSA) is 63.1 Å². The van der Waals surface area contributed by atoms with Crippen LogP contribution in [0.3, 0.4) is 0 Å². The Morgan fingerprint density at radius 1 is 1.47 bits per heavy atom. The summed E-state index contributed by atoms with van der Waals surface area (Å²) in [7, 11) is 0. The lowest BCUT2D eigenvalue weighted by molar-refractivity contribution is -0.139. The lowest BCUT2D eigenvalue weighted by Gasteiger charge is -2.16. The summed E-state index contributed by atoms with van der Waals surface area (Å²) in [6.07, 6.45) is 4.35. The summed E-state index contributed by atoms with van der Waals surface area (Å²) in [5.41, 5.74) is 2.68. The number of hydrogen-bond acceptors (Lipinski definition) is 4. The van der Waals surface area contributed by atoms with Crippen molar-refractivity contribution < 1.29 is 9.90 Å². The van der Waals surface area contributed by atoms with E-state index in [2.05, 4.69) is 9.97 Å². The monoisotopic (exact) mass is 274 g/mol. The van der Waals surface area contributed by atoms with Crippen LogP contribution in [0.5, 0.6) is 0 Å². The van der Waals surface area contributed by atoms with Gasteiger partial charge in [-0.1, -0.05) is 6.07 Å². The highest BCUT2D eigenvalue weighted by Gasteiger charge is 2.30. The number of carboxylic acid groups (broad SMARTS) is 1. The van der Waals surface area contributed by atoms with Crippen LogP contribution in [0.2, 0.25) is 0 Å². The zero-order valence-electron chi connectivity index (χ0n) is 10.6. The van der Waals surface area contributed by atoms with E-state index in [1.165, 1.54) is 0 Å². The van der Waals surface area contributed by atoms with Crippen molar-refractivity contribution in [3.63, 3.8) is 0 Å². The molecule has 0 fully saturated rings. The number of nitrogens with zero attached hydrogens (tertiary/aromatic N) is 2. The molecule has 4 nitrogen and oxygen atoms in total. The molecule has 1 unspecified atom stereocenters. The molecular formula is C14H14N2O2S. The van der Waals surface area contributed by atoms with Gasteiger partial charge in [-0.3, -0.25) is 9.78 Å². The maximum atomic E-state index is 11.3. The van der Waals surface area contributed by atoms with Gasteiger partial charge in [-0.05, 0) is 37.8 Å². The molecule has 0 saturated heterocycles. The Morgan fingerprint density at radius 2 is 2.32 bits per heavy atom. The van der Waals surface area contributed by atoms with Crippen LogP contribution in [0.15, 0.2) is 18.3 Å². The van der Waals surface area contributed by atoms with Gasteiger partial charge in [-0.25, -0.2) is 4.98 Å². The number of aliphatic carboxylic acids is 1. The predicted molar refractivity (Wildman–Crippen MR) is 73.4 cm³/mol. The molecule has 1 aliphatic rings. The van der Waals surface area contributed by atoms with Gasteiger partial charge >= 0.3 is 5.97 Å². The number of carbonyl (C=O) groups is 1. The van der Waals surface area contributed by atoms with Gasteiger partial charge in [0, 0.05) is 11.1 Å². The molecule has 2 aromatic heterocycles. The first kappa shape index (κ1) is 12.3. The molecule has 3 rings (SSSR count). The minimum Gasteiger partial charge on any atom is -0.481 e. The number of pyridine rings is 1. The SMILES string of the molecule is Cc1ccc(-c2nc3c(s2)CCCC3C(=O)O)nc1. The van der Waals surface area contributed by atoms with E-state index in [1.54, 1.807) is 11.3 Å². The third-order valence-electron chi connectivity index (χ3n) is 3.38. The van der Waals surface area contributed by atoms with Crippen LogP contribution in [0.25, 0.3) is 10.7 Å². The second kappa shape index (κ2) is 4.74. The van der Waals surface area contributed by atoms with Crippen LogP contribution in [-0.2, 0) is 11.2 Å². The molecule has 0 aromatic carbocycles. The highest BCUT2D eigenvalue weighted by molar-refractivity contribution is 7.15. The molecule has 0 radical (unpaired) electrons. The van der Waals surface area contributed by atoms with Gasteiger partial charge in [-0.2, -0.15) is 0 Å². The van der Waals surface area contributed by atoms with Gasteiger partial charge < -0.3 is 5.11 Å². The molecule has 0 bridgehead atoms. The van der Waals surface area contributed by atoms with E-state index in [1.807, 2.05) is 25.3 Å². The lowest BCUT2D eigenvalue weighted by atomic mass is 9.91. The number of fused-ring (bicyclic) bond motifs is 1. The summed E-state index contributed by atoms with van der Waals surface area (Å²) in [4.78, 5) is 21.3. The van der Waals surface area contributed by atoms with Crippen molar-refractivity contribution in [2.24, 2.45) is 0 Å². The number of rotatable bonds is 2. The summed E-state index contributed by atoms with van der Waals surface area (Å²) in [5.74, 6) is -1.21. The molecule has 98 valence electrons. The highest BCUT2D eigenvalue weighted by atomic mass is 32.1. The zero-order valence-corrected chi connectivity index (χ0v) is 11.4. The van der Waals surface area contributed by atoms with Crippen LogP contribution in [0.1, 0.15) is 34.9 Å². The zero-order chi connectivity index (χ0) is 13.4. The third-order valence-corrected chi connectivity index (χ3v) is 4.54. The molecule has 0 amide bonds. The Labute approximate surface area is 115 Å². The molecule has 0 spiro atoms. The van der Waals surface area contributed by atoms with Crippen molar-refractivity contribution in [3.8, 4) is 10.7 Å². The van der Waals surface area contributed by atoms with Crippen LogP contribution < -0.4 is 0 Å². The fourth-order valence-electron chi connectivity index (χ4n) is 2.36. The van der Waals surface area contributed by atoms with E-state index in [4.69, 9.17) is 0 Å². The van der Waals surface area contributed by atoms with Gasteiger partial charge in [0.05, 0.1) is 11.4 Å². The van der Waals surface area contributed by atoms with Crippen molar-refractivity contribution in [2.75, 3.05) is 0 Å². The summed E-state index contributed by atoms with van der Waals surface area (Å²) in [5, 5.41) is 10.1. The maximum Gasteiger partial charge on any atom is 0.312 e. The Hall–Kier alpha value is -1.75. The first-order valence-electron chi connectivity index (χ1n) is 6.30. The minimum absolute atomic E-state index is 0.445. The van der Waals surface area contributed by atoms with Crippen molar-refractivity contribution in [1.82, 2.24) is 9.97 Å². The molecular weight excluding hydrogens is 260 g/mol. The molecule has 2 heterocycles.